The lowest BCUT2D eigenvalue weighted by molar-refractivity contribution is -0.131. The quantitative estimate of drug-likeness (QED) is 0.825. The zero-order valence-corrected chi connectivity index (χ0v) is 12.9. The van der Waals surface area contributed by atoms with E-state index in [1.807, 2.05) is 32.0 Å². The van der Waals surface area contributed by atoms with Crippen LogP contribution in [0.15, 0.2) is 18.2 Å². The van der Waals surface area contributed by atoms with Crippen molar-refractivity contribution >= 4 is 5.91 Å². The normalized spacial score (nSPS) is 11.8. The Morgan fingerprint density at radius 2 is 2.05 bits per heavy atom. The number of likely N-dealkylation sites (N-methyl/N-ethyl adjacent to an activating group) is 1. The number of hydrogen-bond donors (Lipinski definition) is 1. The largest absolute Gasteiger partial charge is 0.497 e. The number of ether oxygens (including phenoxy) is 2. The molecule has 5 heteroatoms. The summed E-state index contributed by atoms with van der Waals surface area (Å²) in [6.07, 6.45) is 0. The van der Waals surface area contributed by atoms with Crippen molar-refractivity contribution < 1.29 is 14.3 Å². The highest BCUT2D eigenvalue weighted by Crippen LogP contribution is 2.23. The number of amides is 1. The molecule has 20 heavy (non-hydrogen) atoms. The van der Waals surface area contributed by atoms with Gasteiger partial charge in [-0.05, 0) is 32.0 Å². The summed E-state index contributed by atoms with van der Waals surface area (Å²) < 4.78 is 10.5. The van der Waals surface area contributed by atoms with Gasteiger partial charge in [-0.25, -0.2) is 0 Å². The maximum atomic E-state index is 12.0. The van der Waals surface area contributed by atoms with Gasteiger partial charge >= 0.3 is 0 Å². The van der Waals surface area contributed by atoms with Gasteiger partial charge in [0.2, 0.25) is 5.91 Å². The monoisotopic (exact) mass is 280 g/mol. The fourth-order valence-electron chi connectivity index (χ4n) is 1.86. The number of carbonyl (C=O) groups excluding carboxylic acids is 1. The summed E-state index contributed by atoms with van der Waals surface area (Å²) in [6.45, 7) is 5.06. The molecule has 0 heterocycles. The predicted octanol–water partition coefficient (Wildman–Crippen LogP) is 1.66. The fourth-order valence-corrected chi connectivity index (χ4v) is 1.86. The molecule has 1 unspecified atom stereocenters. The molecule has 1 amide bonds. The van der Waals surface area contributed by atoms with Crippen LogP contribution in [0.3, 0.4) is 0 Å². The van der Waals surface area contributed by atoms with Gasteiger partial charge in [0.05, 0.1) is 20.3 Å². The highest BCUT2D eigenvalue weighted by molar-refractivity contribution is 5.81. The van der Waals surface area contributed by atoms with Crippen LogP contribution in [0.4, 0.5) is 0 Å². The Balaban J connectivity index is 2.71. The van der Waals surface area contributed by atoms with Crippen molar-refractivity contribution in [2.75, 3.05) is 27.8 Å². The molecular weight excluding hydrogens is 256 g/mol. The lowest BCUT2D eigenvalue weighted by Crippen LogP contribution is -2.42. The average molecular weight is 280 g/mol. The summed E-state index contributed by atoms with van der Waals surface area (Å²) in [5.41, 5.74) is 0.964. The van der Waals surface area contributed by atoms with Crippen LogP contribution in [0.2, 0.25) is 0 Å². The van der Waals surface area contributed by atoms with Gasteiger partial charge in [0.25, 0.3) is 0 Å². The minimum atomic E-state index is -0.240. The van der Waals surface area contributed by atoms with Crippen molar-refractivity contribution in [3.63, 3.8) is 0 Å². The van der Waals surface area contributed by atoms with Gasteiger partial charge in [0.15, 0.2) is 0 Å². The third-order valence-electron chi connectivity index (χ3n) is 3.31. The first-order valence-corrected chi connectivity index (χ1v) is 6.72. The summed E-state index contributed by atoms with van der Waals surface area (Å²) in [5.74, 6) is 1.63. The van der Waals surface area contributed by atoms with Gasteiger partial charge < -0.3 is 19.7 Å². The molecule has 1 aromatic carbocycles. The Morgan fingerprint density at radius 3 is 2.60 bits per heavy atom. The van der Waals surface area contributed by atoms with Crippen molar-refractivity contribution in [1.82, 2.24) is 10.2 Å². The van der Waals surface area contributed by atoms with E-state index in [1.165, 1.54) is 0 Å². The highest BCUT2D eigenvalue weighted by atomic mass is 16.5. The molecule has 5 nitrogen and oxygen atoms in total. The van der Waals surface area contributed by atoms with E-state index in [4.69, 9.17) is 9.47 Å². The SMILES string of the molecule is CCN(C)C(=O)C(C)NCc1cc(OC)ccc1OC. The van der Waals surface area contributed by atoms with E-state index >= 15 is 0 Å². The van der Waals surface area contributed by atoms with Crippen LogP contribution in [0.25, 0.3) is 0 Å². The maximum Gasteiger partial charge on any atom is 0.239 e. The Labute approximate surface area is 120 Å². The Hall–Kier alpha value is -1.75. The van der Waals surface area contributed by atoms with Crippen molar-refractivity contribution in [2.24, 2.45) is 0 Å². The van der Waals surface area contributed by atoms with Gasteiger partial charge in [0, 0.05) is 25.7 Å². The second-order valence-corrected chi connectivity index (χ2v) is 4.63. The molecule has 0 fully saturated rings. The number of nitrogens with zero attached hydrogens (tertiary/aromatic N) is 1. The second kappa shape index (κ2) is 7.75. The van der Waals surface area contributed by atoms with Crippen LogP contribution in [0.1, 0.15) is 19.4 Å². The van der Waals surface area contributed by atoms with Crippen LogP contribution < -0.4 is 14.8 Å². The first-order chi connectivity index (χ1) is 9.53. The van der Waals surface area contributed by atoms with Gasteiger partial charge in [-0.1, -0.05) is 0 Å². The summed E-state index contributed by atoms with van der Waals surface area (Å²) >= 11 is 0. The minimum absolute atomic E-state index is 0.0781. The maximum absolute atomic E-state index is 12.0. The molecule has 0 saturated carbocycles. The zero-order valence-electron chi connectivity index (χ0n) is 12.9. The molecular formula is C15H24N2O3. The fraction of sp³-hybridized carbons (Fsp3) is 0.533. The Kier molecular flexibility index (Phi) is 6.31. The summed E-state index contributed by atoms with van der Waals surface area (Å²) in [7, 11) is 5.05. The van der Waals surface area contributed by atoms with Crippen molar-refractivity contribution in [2.45, 2.75) is 26.4 Å². The topological polar surface area (TPSA) is 50.8 Å². The minimum Gasteiger partial charge on any atom is -0.497 e. The first kappa shape index (κ1) is 16.3. The van der Waals surface area contributed by atoms with Crippen molar-refractivity contribution in [1.29, 1.82) is 0 Å². The third kappa shape index (κ3) is 4.13. The van der Waals surface area contributed by atoms with E-state index in [0.29, 0.717) is 13.1 Å². The van der Waals surface area contributed by atoms with Gasteiger partial charge in [-0.15, -0.1) is 0 Å². The molecule has 0 aromatic heterocycles. The number of hydrogen-bond acceptors (Lipinski definition) is 4. The van der Waals surface area contributed by atoms with E-state index in [0.717, 1.165) is 17.1 Å². The van der Waals surface area contributed by atoms with Crippen LogP contribution in [0.5, 0.6) is 11.5 Å². The number of benzene rings is 1. The molecule has 0 saturated heterocycles. The highest BCUT2D eigenvalue weighted by Gasteiger charge is 2.16. The van der Waals surface area contributed by atoms with Crippen LogP contribution in [0, 0.1) is 0 Å². The molecule has 1 rings (SSSR count). The number of carbonyl (C=O) groups is 1. The Bertz CT molecular complexity index is 449. The second-order valence-electron chi connectivity index (χ2n) is 4.63. The molecule has 0 aliphatic carbocycles. The molecule has 1 atom stereocenters. The smallest absolute Gasteiger partial charge is 0.239 e. The van der Waals surface area contributed by atoms with Gasteiger partial charge in [-0.2, -0.15) is 0 Å². The van der Waals surface area contributed by atoms with E-state index in [1.54, 1.807) is 26.2 Å². The molecule has 1 aromatic rings. The molecule has 0 aliphatic rings. The molecule has 0 radical (unpaired) electrons. The first-order valence-electron chi connectivity index (χ1n) is 6.72. The number of nitrogens with one attached hydrogen (secondary N) is 1. The average Bonchev–Trinajstić information content (AvgIpc) is 2.50. The summed E-state index contributed by atoms with van der Waals surface area (Å²) in [6, 6.07) is 5.38. The molecule has 0 aliphatic heterocycles. The van der Waals surface area contributed by atoms with E-state index in [2.05, 4.69) is 5.32 Å². The number of methoxy groups -OCH3 is 2. The lowest BCUT2D eigenvalue weighted by atomic mass is 10.1. The third-order valence-corrected chi connectivity index (χ3v) is 3.31. The predicted molar refractivity (Wildman–Crippen MR) is 79.2 cm³/mol. The standard InChI is InChI=1S/C15H24N2O3/c1-6-17(3)15(18)11(2)16-10-12-9-13(19-4)7-8-14(12)20-5/h7-9,11,16H,6,10H2,1-5H3. The zero-order chi connectivity index (χ0) is 15.1. The van der Waals surface area contributed by atoms with E-state index in [-0.39, 0.29) is 11.9 Å². The molecule has 1 N–H and O–H groups in total. The van der Waals surface area contributed by atoms with Gasteiger partial charge in [0.1, 0.15) is 11.5 Å². The molecule has 112 valence electrons. The van der Waals surface area contributed by atoms with Gasteiger partial charge in [-0.3, -0.25) is 4.79 Å². The molecule has 0 bridgehead atoms. The van der Waals surface area contributed by atoms with E-state index < -0.39 is 0 Å². The van der Waals surface area contributed by atoms with Crippen molar-refractivity contribution in [3.8, 4) is 11.5 Å². The van der Waals surface area contributed by atoms with Crippen LogP contribution in [-0.2, 0) is 11.3 Å². The lowest BCUT2D eigenvalue weighted by Gasteiger charge is -2.21. The summed E-state index contributed by atoms with van der Waals surface area (Å²) in [5, 5.41) is 3.21. The van der Waals surface area contributed by atoms with Crippen LogP contribution >= 0.6 is 0 Å². The van der Waals surface area contributed by atoms with E-state index in [9.17, 15) is 4.79 Å². The summed E-state index contributed by atoms with van der Waals surface area (Å²) in [4.78, 5) is 13.7. The Morgan fingerprint density at radius 1 is 1.35 bits per heavy atom. The number of rotatable bonds is 7. The van der Waals surface area contributed by atoms with Crippen molar-refractivity contribution in [3.05, 3.63) is 23.8 Å². The molecule has 0 spiro atoms. The van der Waals surface area contributed by atoms with Crippen LogP contribution in [-0.4, -0.2) is 44.7 Å².